The third-order valence-corrected chi connectivity index (χ3v) is 3.73. The van der Waals surface area contributed by atoms with E-state index in [1.54, 1.807) is 6.07 Å². The predicted molar refractivity (Wildman–Crippen MR) is 84.5 cm³/mol. The highest BCUT2D eigenvalue weighted by Crippen LogP contribution is 2.29. The SMILES string of the molecule is COc1cc2ncn(Cc3cc(F)c(F)c(F)c3)c(=O)c2cc1OC. The molecule has 130 valence electrons. The first-order valence-electron chi connectivity index (χ1n) is 7.19. The monoisotopic (exact) mass is 350 g/mol. The number of halogens is 3. The molecule has 0 aliphatic rings. The Labute approximate surface area is 140 Å². The molecule has 0 spiro atoms. The molecule has 0 amide bonds. The Kier molecular flexibility index (Phi) is 4.35. The Balaban J connectivity index is 2.09. The summed E-state index contributed by atoms with van der Waals surface area (Å²) in [7, 11) is 2.89. The molecule has 3 aromatic rings. The van der Waals surface area contributed by atoms with E-state index in [0.29, 0.717) is 17.0 Å². The van der Waals surface area contributed by atoms with Gasteiger partial charge in [0.1, 0.15) is 0 Å². The minimum atomic E-state index is -1.55. The van der Waals surface area contributed by atoms with Gasteiger partial charge in [-0.25, -0.2) is 18.2 Å². The molecule has 0 saturated heterocycles. The molecule has 0 atom stereocenters. The Morgan fingerprint density at radius 3 is 2.20 bits per heavy atom. The maximum Gasteiger partial charge on any atom is 0.261 e. The lowest BCUT2D eigenvalue weighted by atomic mass is 10.2. The average molecular weight is 350 g/mol. The van der Waals surface area contributed by atoms with E-state index in [9.17, 15) is 18.0 Å². The van der Waals surface area contributed by atoms with Gasteiger partial charge in [-0.15, -0.1) is 0 Å². The molecule has 3 rings (SSSR count). The number of aromatic nitrogens is 2. The van der Waals surface area contributed by atoms with Crippen molar-refractivity contribution in [2.24, 2.45) is 0 Å². The molecular formula is C17H13F3N2O3. The van der Waals surface area contributed by atoms with Crippen LogP contribution in [0.25, 0.3) is 10.9 Å². The fourth-order valence-electron chi connectivity index (χ4n) is 2.49. The third kappa shape index (κ3) is 3.02. The molecule has 2 aromatic carbocycles. The van der Waals surface area contributed by atoms with Gasteiger partial charge >= 0.3 is 0 Å². The lowest BCUT2D eigenvalue weighted by molar-refractivity contribution is 0.355. The summed E-state index contributed by atoms with van der Waals surface area (Å²) in [5.41, 5.74) is 0.0478. The van der Waals surface area contributed by atoms with Crippen molar-refractivity contribution in [3.8, 4) is 11.5 Å². The van der Waals surface area contributed by atoms with Crippen LogP contribution in [0.5, 0.6) is 11.5 Å². The number of fused-ring (bicyclic) bond motifs is 1. The summed E-state index contributed by atoms with van der Waals surface area (Å²) in [6, 6.07) is 4.70. The molecule has 0 radical (unpaired) electrons. The van der Waals surface area contributed by atoms with E-state index in [0.717, 1.165) is 12.1 Å². The van der Waals surface area contributed by atoms with E-state index >= 15 is 0 Å². The first-order chi connectivity index (χ1) is 11.9. The van der Waals surface area contributed by atoms with Crippen LogP contribution >= 0.6 is 0 Å². The number of benzene rings is 2. The average Bonchev–Trinajstić information content (AvgIpc) is 2.61. The second kappa shape index (κ2) is 6.46. The number of ether oxygens (including phenoxy) is 2. The van der Waals surface area contributed by atoms with Crippen LogP contribution in [0.2, 0.25) is 0 Å². The molecule has 0 unspecified atom stereocenters. The number of methoxy groups -OCH3 is 2. The highest BCUT2D eigenvalue weighted by Gasteiger charge is 2.14. The Morgan fingerprint density at radius 2 is 1.60 bits per heavy atom. The van der Waals surface area contributed by atoms with Crippen molar-refractivity contribution in [3.05, 3.63) is 64.0 Å². The van der Waals surface area contributed by atoms with Gasteiger partial charge in [0, 0.05) is 6.07 Å². The van der Waals surface area contributed by atoms with Crippen molar-refractivity contribution < 1.29 is 22.6 Å². The van der Waals surface area contributed by atoms with Crippen LogP contribution in [-0.4, -0.2) is 23.8 Å². The van der Waals surface area contributed by atoms with Crippen molar-refractivity contribution in [2.45, 2.75) is 6.54 Å². The first kappa shape index (κ1) is 16.8. The molecule has 5 nitrogen and oxygen atoms in total. The van der Waals surface area contributed by atoms with Gasteiger partial charge in [0.25, 0.3) is 5.56 Å². The largest absolute Gasteiger partial charge is 0.493 e. The van der Waals surface area contributed by atoms with Crippen molar-refractivity contribution in [1.29, 1.82) is 0 Å². The van der Waals surface area contributed by atoms with Gasteiger partial charge in [-0.05, 0) is 23.8 Å². The summed E-state index contributed by atoms with van der Waals surface area (Å²) in [4.78, 5) is 16.8. The third-order valence-electron chi connectivity index (χ3n) is 3.73. The zero-order valence-electron chi connectivity index (χ0n) is 13.3. The molecule has 0 aliphatic heterocycles. The Morgan fingerprint density at radius 1 is 1.00 bits per heavy atom. The zero-order chi connectivity index (χ0) is 18.1. The van der Waals surface area contributed by atoms with Gasteiger partial charge in [-0.1, -0.05) is 0 Å². The van der Waals surface area contributed by atoms with Crippen molar-refractivity contribution in [2.75, 3.05) is 14.2 Å². The van der Waals surface area contributed by atoms with Crippen LogP contribution < -0.4 is 15.0 Å². The van der Waals surface area contributed by atoms with Gasteiger partial charge in [0.2, 0.25) is 0 Å². The summed E-state index contributed by atoms with van der Waals surface area (Å²) >= 11 is 0. The standard InChI is InChI=1S/C17H13F3N2O3/c1-24-14-5-10-13(6-15(14)25-2)21-8-22(17(10)23)7-9-3-11(18)16(20)12(19)4-9/h3-6,8H,7H2,1-2H3. The van der Waals surface area contributed by atoms with E-state index in [2.05, 4.69) is 4.98 Å². The fraction of sp³-hybridized carbons (Fsp3) is 0.176. The highest BCUT2D eigenvalue weighted by molar-refractivity contribution is 5.81. The molecule has 1 heterocycles. The molecule has 0 fully saturated rings. The minimum absolute atomic E-state index is 0.0973. The summed E-state index contributed by atoms with van der Waals surface area (Å²) < 4.78 is 51.2. The molecule has 0 N–H and O–H groups in total. The molecule has 8 heteroatoms. The van der Waals surface area contributed by atoms with E-state index in [1.807, 2.05) is 0 Å². The molecule has 0 bridgehead atoms. The second-order valence-electron chi connectivity index (χ2n) is 5.28. The van der Waals surface area contributed by atoms with Gasteiger partial charge in [0.15, 0.2) is 29.0 Å². The van der Waals surface area contributed by atoms with Gasteiger partial charge < -0.3 is 9.47 Å². The molecular weight excluding hydrogens is 337 g/mol. The fourth-order valence-corrected chi connectivity index (χ4v) is 2.49. The lowest BCUT2D eigenvalue weighted by Gasteiger charge is -2.11. The molecule has 0 saturated carbocycles. The van der Waals surface area contributed by atoms with E-state index in [1.165, 1.54) is 31.2 Å². The van der Waals surface area contributed by atoms with E-state index in [-0.39, 0.29) is 17.5 Å². The first-order valence-corrected chi connectivity index (χ1v) is 7.19. The quantitative estimate of drug-likeness (QED) is 0.679. The van der Waals surface area contributed by atoms with Crippen LogP contribution in [0.1, 0.15) is 5.56 Å². The summed E-state index contributed by atoms with van der Waals surface area (Å²) in [6.07, 6.45) is 1.25. The maximum absolute atomic E-state index is 13.3. The van der Waals surface area contributed by atoms with Crippen molar-refractivity contribution in [1.82, 2.24) is 9.55 Å². The number of hydrogen-bond donors (Lipinski definition) is 0. The van der Waals surface area contributed by atoms with Crippen LogP contribution in [0.15, 0.2) is 35.4 Å². The van der Waals surface area contributed by atoms with Crippen LogP contribution in [-0.2, 0) is 6.54 Å². The number of rotatable bonds is 4. The van der Waals surface area contributed by atoms with Gasteiger partial charge in [-0.3, -0.25) is 9.36 Å². The number of nitrogens with zero attached hydrogens (tertiary/aromatic N) is 2. The van der Waals surface area contributed by atoms with Crippen LogP contribution in [0.3, 0.4) is 0 Å². The predicted octanol–water partition coefficient (Wildman–Crippen LogP) is 2.88. The maximum atomic E-state index is 13.3. The molecule has 1 aromatic heterocycles. The second-order valence-corrected chi connectivity index (χ2v) is 5.28. The zero-order valence-corrected chi connectivity index (χ0v) is 13.3. The Hall–Kier alpha value is -3.03. The minimum Gasteiger partial charge on any atom is -0.493 e. The summed E-state index contributed by atoms with van der Waals surface area (Å²) in [6.45, 7) is -0.162. The van der Waals surface area contributed by atoms with E-state index in [4.69, 9.17) is 9.47 Å². The van der Waals surface area contributed by atoms with Crippen molar-refractivity contribution in [3.63, 3.8) is 0 Å². The van der Waals surface area contributed by atoms with Gasteiger partial charge in [-0.2, -0.15) is 0 Å². The van der Waals surface area contributed by atoms with Gasteiger partial charge in [0.05, 0.1) is 38.0 Å². The normalized spacial score (nSPS) is 10.9. The van der Waals surface area contributed by atoms with Crippen LogP contribution in [0, 0.1) is 17.5 Å². The lowest BCUT2D eigenvalue weighted by Crippen LogP contribution is -2.21. The summed E-state index contributed by atoms with van der Waals surface area (Å²) in [5.74, 6) is -3.41. The van der Waals surface area contributed by atoms with E-state index < -0.39 is 23.0 Å². The molecule has 0 aliphatic carbocycles. The topological polar surface area (TPSA) is 53.4 Å². The Bertz CT molecular complexity index is 995. The smallest absolute Gasteiger partial charge is 0.261 e. The molecule has 25 heavy (non-hydrogen) atoms. The number of hydrogen-bond acceptors (Lipinski definition) is 4. The van der Waals surface area contributed by atoms with Crippen LogP contribution in [0.4, 0.5) is 13.2 Å². The summed E-state index contributed by atoms with van der Waals surface area (Å²) in [5, 5.41) is 0.253. The van der Waals surface area contributed by atoms with Crippen molar-refractivity contribution >= 4 is 10.9 Å². The highest BCUT2D eigenvalue weighted by atomic mass is 19.2.